The summed E-state index contributed by atoms with van der Waals surface area (Å²) in [5.74, 6) is 0.946. The highest BCUT2D eigenvalue weighted by atomic mass is 16.5. The summed E-state index contributed by atoms with van der Waals surface area (Å²) < 4.78 is 5.60. The molecule has 114 valence electrons. The van der Waals surface area contributed by atoms with Gasteiger partial charge in [0, 0.05) is 31.2 Å². The fourth-order valence-corrected chi connectivity index (χ4v) is 3.38. The lowest BCUT2D eigenvalue weighted by atomic mass is 9.72. The first kappa shape index (κ1) is 14.4. The first-order valence-electron chi connectivity index (χ1n) is 7.88. The van der Waals surface area contributed by atoms with Crippen molar-refractivity contribution in [3.8, 4) is 0 Å². The second-order valence-electron chi connectivity index (χ2n) is 6.30. The van der Waals surface area contributed by atoms with Gasteiger partial charge < -0.3 is 15.4 Å². The summed E-state index contributed by atoms with van der Waals surface area (Å²) in [7, 11) is 0. The van der Waals surface area contributed by atoms with E-state index in [0.717, 1.165) is 45.1 Å². The molecule has 0 saturated carbocycles. The largest absolute Gasteiger partial charge is 0.381 e. The quantitative estimate of drug-likeness (QED) is 0.893. The van der Waals surface area contributed by atoms with Crippen LogP contribution in [-0.2, 0) is 10.2 Å². The molecule has 0 aromatic heterocycles. The zero-order chi connectivity index (χ0) is 14.7. The summed E-state index contributed by atoms with van der Waals surface area (Å²) in [4.78, 5) is 4.51. The van der Waals surface area contributed by atoms with Gasteiger partial charge in [-0.05, 0) is 37.8 Å². The van der Waals surface area contributed by atoms with E-state index in [1.807, 2.05) is 0 Å². The van der Waals surface area contributed by atoms with Crippen molar-refractivity contribution < 1.29 is 4.74 Å². The number of ether oxygens (including phenoxy) is 1. The Hall–Kier alpha value is -1.55. The van der Waals surface area contributed by atoms with Crippen LogP contribution in [0.25, 0.3) is 0 Å². The minimum absolute atomic E-state index is 0.152. The molecule has 1 saturated heterocycles. The molecule has 3 rings (SSSR count). The van der Waals surface area contributed by atoms with Crippen molar-refractivity contribution >= 4 is 5.96 Å². The van der Waals surface area contributed by atoms with Crippen molar-refractivity contribution in [3.05, 3.63) is 35.4 Å². The summed E-state index contributed by atoms with van der Waals surface area (Å²) in [6, 6.07) is 9.18. The van der Waals surface area contributed by atoms with Crippen molar-refractivity contribution in [2.24, 2.45) is 4.99 Å². The minimum Gasteiger partial charge on any atom is -0.381 e. The lowest BCUT2D eigenvalue weighted by Gasteiger charge is -2.39. The second kappa shape index (κ2) is 6.06. The van der Waals surface area contributed by atoms with E-state index < -0.39 is 0 Å². The van der Waals surface area contributed by atoms with E-state index in [2.05, 4.69) is 53.7 Å². The molecule has 0 aliphatic carbocycles. The summed E-state index contributed by atoms with van der Waals surface area (Å²) in [6.07, 6.45) is 2.13. The fraction of sp³-hybridized carbons (Fsp3) is 0.588. The Morgan fingerprint density at radius 2 is 2.10 bits per heavy atom. The predicted molar refractivity (Wildman–Crippen MR) is 85.8 cm³/mol. The van der Waals surface area contributed by atoms with Gasteiger partial charge in [0.2, 0.25) is 0 Å². The van der Waals surface area contributed by atoms with Gasteiger partial charge in [-0.2, -0.15) is 0 Å². The molecule has 2 N–H and O–H groups in total. The molecule has 0 spiro atoms. The van der Waals surface area contributed by atoms with Crippen LogP contribution < -0.4 is 10.6 Å². The van der Waals surface area contributed by atoms with E-state index in [4.69, 9.17) is 4.74 Å². The molecule has 0 radical (unpaired) electrons. The fourth-order valence-electron chi connectivity index (χ4n) is 3.38. The molecule has 1 aromatic rings. The maximum absolute atomic E-state index is 5.60. The van der Waals surface area contributed by atoms with Gasteiger partial charge in [-0.25, -0.2) is 0 Å². The summed E-state index contributed by atoms with van der Waals surface area (Å²) in [6.45, 7) is 7.82. The maximum Gasteiger partial charge on any atom is 0.191 e. The van der Waals surface area contributed by atoms with Gasteiger partial charge in [0.15, 0.2) is 5.96 Å². The van der Waals surface area contributed by atoms with Crippen molar-refractivity contribution in [2.75, 3.05) is 26.3 Å². The highest BCUT2D eigenvalue weighted by Gasteiger charge is 2.35. The zero-order valence-corrected chi connectivity index (χ0v) is 13.0. The van der Waals surface area contributed by atoms with Gasteiger partial charge >= 0.3 is 0 Å². The number of aliphatic imine (C=N–C) groups is 1. The lowest BCUT2D eigenvalue weighted by Crippen LogP contribution is -2.48. The van der Waals surface area contributed by atoms with Crippen molar-refractivity contribution in [1.29, 1.82) is 0 Å². The number of aryl methyl sites for hydroxylation is 1. The summed E-state index contributed by atoms with van der Waals surface area (Å²) in [5, 5.41) is 6.92. The van der Waals surface area contributed by atoms with Gasteiger partial charge in [-0.15, -0.1) is 0 Å². The number of hydrogen-bond acceptors (Lipinski definition) is 4. The Morgan fingerprint density at radius 1 is 1.33 bits per heavy atom. The summed E-state index contributed by atoms with van der Waals surface area (Å²) >= 11 is 0. The SMILES string of the molecule is Cc1ccccc1C1(CNC2=NCC(C)N2)CCOCC1. The number of nitrogens with one attached hydrogen (secondary N) is 2. The topological polar surface area (TPSA) is 45.7 Å². The Kier molecular flexibility index (Phi) is 4.15. The molecule has 1 aromatic carbocycles. The molecule has 2 aliphatic rings. The first-order chi connectivity index (χ1) is 10.2. The normalized spacial score (nSPS) is 24.3. The third kappa shape index (κ3) is 3.05. The van der Waals surface area contributed by atoms with Crippen molar-refractivity contribution in [1.82, 2.24) is 10.6 Å². The highest BCUT2D eigenvalue weighted by molar-refractivity contribution is 5.81. The highest BCUT2D eigenvalue weighted by Crippen LogP contribution is 2.36. The van der Waals surface area contributed by atoms with Gasteiger partial charge in [-0.3, -0.25) is 4.99 Å². The average molecular weight is 287 g/mol. The van der Waals surface area contributed by atoms with Crippen LogP contribution in [0, 0.1) is 6.92 Å². The Bertz CT molecular complexity index is 521. The number of guanidine groups is 1. The van der Waals surface area contributed by atoms with Crippen LogP contribution in [-0.4, -0.2) is 38.3 Å². The summed E-state index contributed by atoms with van der Waals surface area (Å²) in [5.41, 5.74) is 2.97. The Morgan fingerprint density at radius 3 is 2.76 bits per heavy atom. The second-order valence-corrected chi connectivity index (χ2v) is 6.30. The van der Waals surface area contributed by atoms with Crippen LogP contribution in [0.15, 0.2) is 29.3 Å². The average Bonchev–Trinajstić information content (AvgIpc) is 2.92. The predicted octanol–water partition coefficient (Wildman–Crippen LogP) is 1.98. The monoisotopic (exact) mass is 287 g/mol. The Labute approximate surface area is 127 Å². The molecule has 2 aliphatic heterocycles. The number of rotatable bonds is 3. The molecule has 1 atom stereocenters. The zero-order valence-electron chi connectivity index (χ0n) is 13.0. The van der Waals surface area contributed by atoms with Crippen LogP contribution in [0.4, 0.5) is 0 Å². The third-order valence-corrected chi connectivity index (χ3v) is 4.67. The molecule has 4 nitrogen and oxygen atoms in total. The molecule has 2 heterocycles. The molecule has 0 bridgehead atoms. The molecule has 1 unspecified atom stereocenters. The van der Waals surface area contributed by atoms with Gasteiger partial charge in [0.1, 0.15) is 0 Å². The minimum atomic E-state index is 0.152. The van der Waals surface area contributed by atoms with E-state index in [1.165, 1.54) is 11.1 Å². The van der Waals surface area contributed by atoms with Crippen molar-refractivity contribution in [3.63, 3.8) is 0 Å². The maximum atomic E-state index is 5.60. The smallest absolute Gasteiger partial charge is 0.191 e. The van der Waals surface area contributed by atoms with E-state index in [-0.39, 0.29) is 5.41 Å². The van der Waals surface area contributed by atoms with Crippen molar-refractivity contribution in [2.45, 2.75) is 38.1 Å². The van der Waals surface area contributed by atoms with Gasteiger partial charge in [-0.1, -0.05) is 24.3 Å². The number of nitrogens with zero attached hydrogens (tertiary/aromatic N) is 1. The van der Waals surface area contributed by atoms with Gasteiger partial charge in [0.25, 0.3) is 0 Å². The number of hydrogen-bond donors (Lipinski definition) is 2. The van der Waals surface area contributed by atoms with Gasteiger partial charge in [0.05, 0.1) is 6.54 Å². The van der Waals surface area contributed by atoms with Crippen LogP contribution >= 0.6 is 0 Å². The van der Waals surface area contributed by atoms with Crippen LogP contribution in [0.5, 0.6) is 0 Å². The number of benzene rings is 1. The molecule has 1 fully saturated rings. The van der Waals surface area contributed by atoms with Crippen LogP contribution in [0.3, 0.4) is 0 Å². The van der Waals surface area contributed by atoms with E-state index in [9.17, 15) is 0 Å². The molecule has 21 heavy (non-hydrogen) atoms. The Balaban J connectivity index is 1.79. The van der Waals surface area contributed by atoms with Crippen LogP contribution in [0.1, 0.15) is 30.9 Å². The van der Waals surface area contributed by atoms with E-state index in [1.54, 1.807) is 0 Å². The molecular weight excluding hydrogens is 262 g/mol. The molecular formula is C17H25N3O. The van der Waals surface area contributed by atoms with E-state index >= 15 is 0 Å². The van der Waals surface area contributed by atoms with E-state index in [0.29, 0.717) is 6.04 Å². The molecule has 0 amide bonds. The molecule has 4 heteroatoms. The third-order valence-electron chi connectivity index (χ3n) is 4.67. The van der Waals surface area contributed by atoms with Crippen LogP contribution in [0.2, 0.25) is 0 Å². The standard InChI is InChI=1S/C17H25N3O/c1-13-5-3-4-6-15(13)17(7-9-21-10-8-17)12-19-16-18-11-14(2)20-16/h3-6,14H,7-12H2,1-2H3,(H2,18,19,20). The lowest BCUT2D eigenvalue weighted by molar-refractivity contribution is 0.0512. The first-order valence-corrected chi connectivity index (χ1v) is 7.88.